The molecule has 0 fully saturated rings. The second kappa shape index (κ2) is 7.70. The van der Waals surface area contributed by atoms with Crippen molar-refractivity contribution in [3.63, 3.8) is 0 Å². The van der Waals surface area contributed by atoms with Crippen LogP contribution in [0.4, 0.5) is 0 Å². The lowest BCUT2D eigenvalue weighted by Gasteiger charge is -2.14. The van der Waals surface area contributed by atoms with Crippen LogP contribution >= 0.6 is 15.9 Å². The second-order valence-electron chi connectivity index (χ2n) is 6.04. The van der Waals surface area contributed by atoms with Crippen molar-refractivity contribution in [2.45, 2.75) is 19.4 Å². The van der Waals surface area contributed by atoms with Crippen LogP contribution in [0.2, 0.25) is 0 Å². The molecule has 25 heavy (non-hydrogen) atoms. The van der Waals surface area contributed by atoms with E-state index in [0.29, 0.717) is 6.54 Å². The van der Waals surface area contributed by atoms with Gasteiger partial charge >= 0.3 is 0 Å². The number of halogens is 1. The van der Waals surface area contributed by atoms with Gasteiger partial charge in [0.25, 0.3) is 0 Å². The summed E-state index contributed by atoms with van der Waals surface area (Å²) >= 11 is 3.45. The van der Waals surface area contributed by atoms with Gasteiger partial charge in [-0.15, -0.1) is 0 Å². The van der Waals surface area contributed by atoms with Gasteiger partial charge in [0.05, 0.1) is 13.0 Å². The molecule has 0 radical (unpaired) electrons. The molecule has 3 rings (SSSR count). The van der Waals surface area contributed by atoms with E-state index >= 15 is 0 Å². The van der Waals surface area contributed by atoms with Crippen molar-refractivity contribution in [2.75, 3.05) is 7.11 Å². The minimum atomic E-state index is -0.210. The summed E-state index contributed by atoms with van der Waals surface area (Å²) in [5.74, 6) is 0.645. The molecule has 0 spiro atoms. The van der Waals surface area contributed by atoms with E-state index < -0.39 is 0 Å². The maximum atomic E-state index is 12.5. The van der Waals surface area contributed by atoms with E-state index in [4.69, 9.17) is 4.74 Å². The van der Waals surface area contributed by atoms with Gasteiger partial charge in [-0.1, -0.05) is 52.3 Å². The molecule has 128 valence electrons. The smallest absolute Gasteiger partial charge is 0.227 e. The first-order chi connectivity index (χ1) is 12.1. The Labute approximate surface area is 156 Å². The zero-order valence-corrected chi connectivity index (χ0v) is 15.8. The van der Waals surface area contributed by atoms with Crippen molar-refractivity contribution in [3.05, 3.63) is 76.3 Å². The van der Waals surface area contributed by atoms with Crippen LogP contribution in [-0.2, 0) is 11.3 Å². The highest BCUT2D eigenvalue weighted by atomic mass is 79.9. The van der Waals surface area contributed by atoms with Crippen molar-refractivity contribution < 1.29 is 9.53 Å². The Hall–Kier alpha value is -2.33. The Kier molecular flexibility index (Phi) is 5.39. The minimum Gasteiger partial charge on any atom is -0.497 e. The first kappa shape index (κ1) is 17.5. The lowest BCUT2D eigenvalue weighted by atomic mass is 9.97. The van der Waals surface area contributed by atoms with Crippen LogP contribution in [0, 0.1) is 0 Å². The first-order valence-corrected chi connectivity index (χ1v) is 8.96. The van der Waals surface area contributed by atoms with Crippen molar-refractivity contribution in [1.82, 2.24) is 5.32 Å². The lowest BCUT2D eigenvalue weighted by Crippen LogP contribution is -2.27. The molecule has 3 nitrogen and oxygen atoms in total. The molecule has 0 aliphatic heterocycles. The molecule has 1 amide bonds. The van der Waals surface area contributed by atoms with E-state index in [1.807, 2.05) is 61.5 Å². The van der Waals surface area contributed by atoms with Crippen LogP contribution in [0.3, 0.4) is 0 Å². The van der Waals surface area contributed by atoms with Crippen LogP contribution in [0.1, 0.15) is 24.0 Å². The van der Waals surface area contributed by atoms with E-state index in [-0.39, 0.29) is 11.8 Å². The summed E-state index contributed by atoms with van der Waals surface area (Å²) in [6.07, 6.45) is 0. The van der Waals surface area contributed by atoms with E-state index in [2.05, 4.69) is 27.3 Å². The zero-order chi connectivity index (χ0) is 17.8. The molecule has 0 heterocycles. The number of rotatable bonds is 5. The van der Waals surface area contributed by atoms with E-state index in [9.17, 15) is 4.79 Å². The maximum absolute atomic E-state index is 12.5. The molecule has 0 bridgehead atoms. The van der Waals surface area contributed by atoms with Crippen LogP contribution < -0.4 is 10.1 Å². The fourth-order valence-corrected chi connectivity index (χ4v) is 3.23. The molecule has 3 aromatic carbocycles. The van der Waals surface area contributed by atoms with E-state index in [1.165, 1.54) is 0 Å². The summed E-state index contributed by atoms with van der Waals surface area (Å²) in [6.45, 7) is 2.45. The van der Waals surface area contributed by atoms with Crippen LogP contribution in [0.15, 0.2) is 65.1 Å². The molecule has 0 aliphatic carbocycles. The molecule has 1 N–H and O–H groups in total. The molecular formula is C21H20BrNO2. The molecular weight excluding hydrogens is 378 g/mol. The molecule has 0 saturated heterocycles. The van der Waals surface area contributed by atoms with Gasteiger partial charge in [-0.3, -0.25) is 4.79 Å². The molecule has 3 aromatic rings. The van der Waals surface area contributed by atoms with Gasteiger partial charge in [0.2, 0.25) is 5.91 Å². The number of hydrogen-bond donors (Lipinski definition) is 1. The van der Waals surface area contributed by atoms with Crippen LogP contribution in [-0.4, -0.2) is 13.0 Å². The third-order valence-corrected chi connectivity index (χ3v) is 4.81. The SMILES string of the molecule is COc1ccc2cc([C@H](C)C(=O)NCc3cccc(Br)c3)ccc2c1. The summed E-state index contributed by atoms with van der Waals surface area (Å²) < 4.78 is 6.26. The summed E-state index contributed by atoms with van der Waals surface area (Å²) in [5, 5.41) is 5.21. The van der Waals surface area contributed by atoms with Gasteiger partial charge in [0.1, 0.15) is 5.75 Å². The monoisotopic (exact) mass is 397 g/mol. The fourth-order valence-electron chi connectivity index (χ4n) is 2.78. The number of carbonyl (C=O) groups is 1. The first-order valence-electron chi connectivity index (χ1n) is 8.16. The maximum Gasteiger partial charge on any atom is 0.227 e. The van der Waals surface area contributed by atoms with Gasteiger partial charge in [0.15, 0.2) is 0 Å². The van der Waals surface area contributed by atoms with Gasteiger partial charge in [-0.2, -0.15) is 0 Å². The molecule has 0 aromatic heterocycles. The molecule has 1 atom stereocenters. The van der Waals surface area contributed by atoms with Gasteiger partial charge in [-0.25, -0.2) is 0 Å². The van der Waals surface area contributed by atoms with E-state index in [0.717, 1.165) is 32.1 Å². The largest absolute Gasteiger partial charge is 0.497 e. The molecule has 0 aliphatic rings. The lowest BCUT2D eigenvalue weighted by molar-refractivity contribution is -0.122. The quantitative estimate of drug-likeness (QED) is 0.655. The number of nitrogens with one attached hydrogen (secondary N) is 1. The number of benzene rings is 3. The highest BCUT2D eigenvalue weighted by Crippen LogP contribution is 2.25. The third kappa shape index (κ3) is 4.20. The number of methoxy groups -OCH3 is 1. The predicted molar refractivity (Wildman–Crippen MR) is 105 cm³/mol. The Bertz CT molecular complexity index is 907. The van der Waals surface area contributed by atoms with Crippen molar-refractivity contribution in [3.8, 4) is 5.75 Å². The molecule has 0 unspecified atom stereocenters. The normalized spacial score (nSPS) is 12.0. The molecule has 0 saturated carbocycles. The highest BCUT2D eigenvalue weighted by Gasteiger charge is 2.15. The van der Waals surface area contributed by atoms with Gasteiger partial charge in [0, 0.05) is 11.0 Å². The topological polar surface area (TPSA) is 38.3 Å². The van der Waals surface area contributed by atoms with Crippen molar-refractivity contribution in [2.24, 2.45) is 0 Å². The van der Waals surface area contributed by atoms with Gasteiger partial charge in [-0.05, 0) is 53.1 Å². The third-order valence-electron chi connectivity index (χ3n) is 4.32. The Morgan fingerprint density at radius 3 is 2.60 bits per heavy atom. The average Bonchev–Trinajstić information content (AvgIpc) is 2.64. The Morgan fingerprint density at radius 2 is 1.84 bits per heavy atom. The number of fused-ring (bicyclic) bond motifs is 1. The number of hydrogen-bond acceptors (Lipinski definition) is 2. The van der Waals surface area contributed by atoms with Gasteiger partial charge < -0.3 is 10.1 Å². The van der Waals surface area contributed by atoms with E-state index in [1.54, 1.807) is 7.11 Å². The fraction of sp³-hybridized carbons (Fsp3) is 0.190. The van der Waals surface area contributed by atoms with Crippen LogP contribution in [0.5, 0.6) is 5.75 Å². The number of ether oxygens (including phenoxy) is 1. The zero-order valence-electron chi connectivity index (χ0n) is 14.3. The predicted octanol–water partition coefficient (Wildman–Crippen LogP) is 5.03. The summed E-state index contributed by atoms with van der Waals surface area (Å²) in [6, 6.07) is 20.0. The van der Waals surface area contributed by atoms with Crippen molar-refractivity contribution >= 4 is 32.6 Å². The van der Waals surface area contributed by atoms with Crippen LogP contribution in [0.25, 0.3) is 10.8 Å². The Balaban J connectivity index is 1.72. The number of amides is 1. The minimum absolute atomic E-state index is 0.0211. The summed E-state index contributed by atoms with van der Waals surface area (Å²) in [7, 11) is 1.66. The number of carbonyl (C=O) groups excluding carboxylic acids is 1. The summed E-state index contributed by atoms with van der Waals surface area (Å²) in [4.78, 5) is 12.5. The Morgan fingerprint density at radius 1 is 1.08 bits per heavy atom. The highest BCUT2D eigenvalue weighted by molar-refractivity contribution is 9.10. The molecule has 4 heteroatoms. The average molecular weight is 398 g/mol. The standard InChI is InChI=1S/C21H20BrNO2/c1-14(21(24)23-13-15-4-3-5-19(22)10-15)16-6-7-18-12-20(25-2)9-8-17(18)11-16/h3-12,14H,13H2,1-2H3,(H,23,24)/t14-/m0/s1. The second-order valence-corrected chi connectivity index (χ2v) is 6.96. The van der Waals surface area contributed by atoms with Crippen molar-refractivity contribution in [1.29, 1.82) is 0 Å². The summed E-state index contributed by atoms with van der Waals surface area (Å²) in [5.41, 5.74) is 2.07.